The third-order valence-electron chi connectivity index (χ3n) is 5.71. The summed E-state index contributed by atoms with van der Waals surface area (Å²) in [6.07, 6.45) is -8.43. The van der Waals surface area contributed by atoms with Crippen LogP contribution < -0.4 is 14.9 Å². The molecule has 1 aliphatic heterocycles. The molecule has 0 radical (unpaired) electrons. The van der Waals surface area contributed by atoms with Crippen LogP contribution in [0.1, 0.15) is 6.92 Å². The van der Waals surface area contributed by atoms with Crippen LogP contribution >= 0.6 is 0 Å². The predicted octanol–water partition coefficient (Wildman–Crippen LogP) is 0.335. The molecule has 0 saturated carbocycles. The first-order chi connectivity index (χ1) is 17.5. The van der Waals surface area contributed by atoms with E-state index in [-0.39, 0.29) is 33.8 Å². The van der Waals surface area contributed by atoms with Gasteiger partial charge in [-0.25, -0.2) is 0 Å². The number of phenolic OH excluding ortho intramolecular Hbond substituents is 3. The highest BCUT2D eigenvalue weighted by atomic mass is 16.7. The van der Waals surface area contributed by atoms with Crippen LogP contribution in [0.3, 0.4) is 0 Å². The van der Waals surface area contributed by atoms with E-state index in [4.69, 9.17) is 23.4 Å². The minimum absolute atomic E-state index is 0.0129. The Balaban J connectivity index is 1.85. The molecule has 0 bridgehead atoms. The van der Waals surface area contributed by atoms with Crippen LogP contribution in [0.5, 0.6) is 28.7 Å². The van der Waals surface area contributed by atoms with Gasteiger partial charge >= 0.3 is 5.97 Å². The zero-order valence-corrected chi connectivity index (χ0v) is 19.5. The number of methoxy groups -OCH3 is 1. The summed E-state index contributed by atoms with van der Waals surface area (Å²) in [5.41, 5.74) is -1.01. The van der Waals surface area contributed by atoms with Crippen molar-refractivity contribution < 1.29 is 58.8 Å². The Labute approximate surface area is 208 Å². The van der Waals surface area contributed by atoms with Gasteiger partial charge in [0.2, 0.25) is 17.5 Å². The summed E-state index contributed by atoms with van der Waals surface area (Å²) in [5, 5.41) is 60.8. The van der Waals surface area contributed by atoms with E-state index in [1.165, 1.54) is 25.3 Å². The fourth-order valence-electron chi connectivity index (χ4n) is 3.85. The number of benzene rings is 2. The van der Waals surface area contributed by atoms with Crippen LogP contribution in [0.25, 0.3) is 22.3 Å². The molecule has 0 aliphatic carbocycles. The van der Waals surface area contributed by atoms with Crippen molar-refractivity contribution in [3.05, 3.63) is 40.6 Å². The lowest BCUT2D eigenvalue weighted by Gasteiger charge is -2.39. The molecule has 1 aliphatic rings. The Hall–Kier alpha value is -4.04. The third kappa shape index (κ3) is 4.97. The van der Waals surface area contributed by atoms with Gasteiger partial charge in [0.05, 0.1) is 7.11 Å². The summed E-state index contributed by atoms with van der Waals surface area (Å²) >= 11 is 0. The molecule has 2 heterocycles. The normalized spacial score (nSPS) is 23.5. The number of carbonyl (C=O) groups is 1. The molecule has 2 unspecified atom stereocenters. The van der Waals surface area contributed by atoms with Gasteiger partial charge in [-0.2, -0.15) is 0 Å². The maximum atomic E-state index is 13.5. The zero-order valence-electron chi connectivity index (χ0n) is 19.5. The second-order valence-electron chi connectivity index (χ2n) is 8.25. The van der Waals surface area contributed by atoms with Crippen LogP contribution in [0.4, 0.5) is 0 Å². The van der Waals surface area contributed by atoms with Gasteiger partial charge in [0.15, 0.2) is 17.3 Å². The molecular formula is C24H24O13. The van der Waals surface area contributed by atoms with Gasteiger partial charge in [0, 0.05) is 24.6 Å². The molecule has 13 nitrogen and oxygen atoms in total. The first-order valence-corrected chi connectivity index (χ1v) is 10.9. The number of hydrogen-bond donors (Lipinski definition) is 6. The van der Waals surface area contributed by atoms with Gasteiger partial charge in [-0.15, -0.1) is 0 Å². The number of fused-ring (bicyclic) bond motifs is 1. The van der Waals surface area contributed by atoms with Crippen LogP contribution in [0, 0.1) is 0 Å². The average molecular weight is 520 g/mol. The van der Waals surface area contributed by atoms with Crippen molar-refractivity contribution in [3.8, 4) is 40.1 Å². The van der Waals surface area contributed by atoms with Crippen LogP contribution in [0.15, 0.2) is 39.5 Å². The summed E-state index contributed by atoms with van der Waals surface area (Å²) in [6.45, 7) is 0.631. The van der Waals surface area contributed by atoms with Crippen molar-refractivity contribution in [2.24, 2.45) is 0 Å². The van der Waals surface area contributed by atoms with Crippen LogP contribution in [-0.2, 0) is 14.3 Å². The third-order valence-corrected chi connectivity index (χ3v) is 5.71. The zero-order chi connectivity index (χ0) is 27.0. The van der Waals surface area contributed by atoms with E-state index in [2.05, 4.69) is 0 Å². The van der Waals surface area contributed by atoms with Gasteiger partial charge in [0.25, 0.3) is 0 Å². The topological polar surface area (TPSA) is 206 Å². The SMILES string of the molecule is COc1cc(-c2oc3cc(O)cc(O)c3c(=O)c2O[C@H]2O[C@H](COC(C)=O)[C@H](O)C(O)C2O)ccc1O. The highest BCUT2D eigenvalue weighted by molar-refractivity contribution is 5.88. The molecule has 13 heteroatoms. The highest BCUT2D eigenvalue weighted by Gasteiger charge is 2.46. The number of aliphatic hydroxyl groups excluding tert-OH is 3. The van der Waals surface area contributed by atoms with Crippen molar-refractivity contribution in [1.29, 1.82) is 0 Å². The van der Waals surface area contributed by atoms with Gasteiger partial charge in [-0.05, 0) is 18.2 Å². The summed E-state index contributed by atoms with van der Waals surface area (Å²) < 4.78 is 26.9. The van der Waals surface area contributed by atoms with Crippen molar-refractivity contribution in [3.63, 3.8) is 0 Å². The predicted molar refractivity (Wildman–Crippen MR) is 123 cm³/mol. The van der Waals surface area contributed by atoms with E-state index in [0.29, 0.717) is 0 Å². The number of carbonyl (C=O) groups excluding carboxylic acids is 1. The number of ether oxygens (including phenoxy) is 4. The lowest BCUT2D eigenvalue weighted by Crippen LogP contribution is -2.60. The second kappa shape index (κ2) is 10.1. The molecule has 5 atom stereocenters. The fourth-order valence-corrected chi connectivity index (χ4v) is 3.85. The lowest BCUT2D eigenvalue weighted by molar-refractivity contribution is -0.278. The number of phenols is 3. The molecule has 198 valence electrons. The molecule has 1 aromatic heterocycles. The van der Waals surface area contributed by atoms with Crippen molar-refractivity contribution >= 4 is 16.9 Å². The average Bonchev–Trinajstić information content (AvgIpc) is 2.84. The Kier molecular flexibility index (Phi) is 7.14. The largest absolute Gasteiger partial charge is 0.508 e. The number of hydrogen-bond acceptors (Lipinski definition) is 13. The van der Waals surface area contributed by atoms with Gasteiger partial charge in [-0.1, -0.05) is 0 Å². The highest BCUT2D eigenvalue weighted by Crippen LogP contribution is 2.39. The van der Waals surface area contributed by atoms with Gasteiger partial charge < -0.3 is 54.0 Å². The van der Waals surface area contributed by atoms with Crippen LogP contribution in [-0.4, -0.2) is 81.0 Å². The van der Waals surface area contributed by atoms with Crippen LogP contribution in [0.2, 0.25) is 0 Å². The smallest absolute Gasteiger partial charge is 0.302 e. The quantitative estimate of drug-likeness (QED) is 0.243. The maximum Gasteiger partial charge on any atom is 0.302 e. The molecule has 0 spiro atoms. The van der Waals surface area contributed by atoms with E-state index in [1.807, 2.05) is 0 Å². The molecule has 0 amide bonds. The summed E-state index contributed by atoms with van der Waals surface area (Å²) in [5.74, 6) is -2.77. The first-order valence-electron chi connectivity index (χ1n) is 10.9. The summed E-state index contributed by atoms with van der Waals surface area (Å²) in [6, 6.07) is 5.92. The van der Waals surface area contributed by atoms with E-state index in [9.17, 15) is 40.2 Å². The first kappa shape index (κ1) is 26.0. The molecule has 1 saturated heterocycles. The van der Waals surface area contributed by atoms with E-state index < -0.39 is 66.0 Å². The molecule has 6 N–H and O–H groups in total. The fraction of sp³-hybridized carbons (Fsp3) is 0.333. The summed E-state index contributed by atoms with van der Waals surface area (Å²) in [7, 11) is 1.30. The Bertz CT molecular complexity index is 1380. The van der Waals surface area contributed by atoms with Gasteiger partial charge in [-0.3, -0.25) is 9.59 Å². The molecule has 37 heavy (non-hydrogen) atoms. The van der Waals surface area contributed by atoms with E-state index in [1.54, 1.807) is 0 Å². The molecule has 4 rings (SSSR count). The van der Waals surface area contributed by atoms with Gasteiger partial charge in [0.1, 0.15) is 53.5 Å². The van der Waals surface area contributed by atoms with E-state index in [0.717, 1.165) is 19.1 Å². The second-order valence-corrected chi connectivity index (χ2v) is 8.25. The molecule has 3 aromatic rings. The molecule has 1 fully saturated rings. The number of aromatic hydroxyl groups is 3. The lowest BCUT2D eigenvalue weighted by atomic mass is 9.99. The maximum absolute atomic E-state index is 13.5. The number of esters is 1. The Morgan fingerprint density at radius 1 is 1.00 bits per heavy atom. The molecule has 2 aromatic carbocycles. The minimum Gasteiger partial charge on any atom is -0.508 e. The standard InChI is InChI=1S/C24H24O13/c1-9(25)34-8-16-18(29)20(31)21(32)24(36-16)37-23-19(30)17-13(28)6-11(26)7-15(17)35-22(23)10-3-4-12(27)14(5-10)33-2/h3-7,16,18,20-21,24,26-29,31-32H,8H2,1-2H3/t16-,18+,20?,21?,24-/m1/s1. The molecular weight excluding hydrogens is 496 g/mol. The number of aliphatic hydroxyl groups is 3. The monoisotopic (exact) mass is 520 g/mol. The van der Waals surface area contributed by atoms with E-state index >= 15 is 0 Å². The number of rotatable bonds is 6. The van der Waals surface area contributed by atoms with Crippen molar-refractivity contribution in [2.45, 2.75) is 37.6 Å². The van der Waals surface area contributed by atoms with Crippen molar-refractivity contribution in [1.82, 2.24) is 0 Å². The minimum atomic E-state index is -1.87. The Morgan fingerprint density at radius 2 is 1.73 bits per heavy atom. The Morgan fingerprint density at radius 3 is 2.41 bits per heavy atom. The van der Waals surface area contributed by atoms with Crippen molar-refractivity contribution in [2.75, 3.05) is 13.7 Å². The summed E-state index contributed by atoms with van der Waals surface area (Å²) in [4.78, 5) is 24.7.